The molecule has 0 saturated carbocycles. The molecular formula is C23H24N4O2S. The van der Waals surface area contributed by atoms with Crippen molar-refractivity contribution in [2.45, 2.75) is 12.6 Å². The van der Waals surface area contributed by atoms with Crippen molar-refractivity contribution in [2.75, 3.05) is 20.6 Å². The molecule has 0 aliphatic rings. The zero-order valence-electron chi connectivity index (χ0n) is 17.0. The first kappa shape index (κ1) is 20.1. The number of pyridine rings is 1. The number of thiophene rings is 1. The number of likely N-dealkylation sites (N-methyl/N-ethyl adjacent to an activating group) is 1. The predicted octanol–water partition coefficient (Wildman–Crippen LogP) is 4.01. The number of nitrogens with zero attached hydrogens (tertiary/aromatic N) is 3. The number of fused-ring (bicyclic) bond motifs is 1. The maximum Gasteiger partial charge on any atom is 0.251 e. The summed E-state index contributed by atoms with van der Waals surface area (Å²) in [6, 6.07) is 17.3. The highest BCUT2D eigenvalue weighted by Crippen LogP contribution is 2.22. The van der Waals surface area contributed by atoms with Crippen molar-refractivity contribution in [1.29, 1.82) is 0 Å². The number of imidazole rings is 1. The van der Waals surface area contributed by atoms with E-state index >= 15 is 0 Å². The summed E-state index contributed by atoms with van der Waals surface area (Å²) in [6.45, 7) is 0.928. The van der Waals surface area contributed by atoms with Crippen LogP contribution >= 0.6 is 11.3 Å². The van der Waals surface area contributed by atoms with Crippen molar-refractivity contribution in [3.63, 3.8) is 0 Å². The van der Waals surface area contributed by atoms with Crippen LogP contribution in [-0.2, 0) is 6.61 Å². The number of rotatable bonds is 8. The van der Waals surface area contributed by atoms with Gasteiger partial charge in [0.05, 0.1) is 11.7 Å². The van der Waals surface area contributed by atoms with Crippen LogP contribution in [0.1, 0.15) is 27.0 Å². The summed E-state index contributed by atoms with van der Waals surface area (Å²) < 4.78 is 7.78. The molecule has 1 atom stereocenters. The molecule has 0 unspecified atom stereocenters. The van der Waals surface area contributed by atoms with E-state index in [0.717, 1.165) is 11.3 Å². The smallest absolute Gasteiger partial charge is 0.251 e. The van der Waals surface area contributed by atoms with E-state index < -0.39 is 0 Å². The Hall–Kier alpha value is -3.16. The molecule has 154 valence electrons. The van der Waals surface area contributed by atoms with Gasteiger partial charge in [0.25, 0.3) is 5.91 Å². The van der Waals surface area contributed by atoms with Crippen LogP contribution < -0.4 is 10.1 Å². The lowest BCUT2D eigenvalue weighted by Crippen LogP contribution is -2.34. The number of carbonyl (C=O) groups excluding carboxylic acids is 1. The molecule has 0 aliphatic heterocycles. The van der Waals surface area contributed by atoms with E-state index in [9.17, 15) is 4.79 Å². The molecule has 30 heavy (non-hydrogen) atoms. The highest BCUT2D eigenvalue weighted by molar-refractivity contribution is 7.10. The molecule has 0 fully saturated rings. The number of hydrogen-bond acceptors (Lipinski definition) is 5. The molecular weight excluding hydrogens is 396 g/mol. The van der Waals surface area contributed by atoms with Crippen molar-refractivity contribution in [1.82, 2.24) is 19.6 Å². The fourth-order valence-electron chi connectivity index (χ4n) is 3.23. The van der Waals surface area contributed by atoms with Crippen LogP contribution in [0.3, 0.4) is 0 Å². The summed E-state index contributed by atoms with van der Waals surface area (Å²) >= 11 is 1.70. The van der Waals surface area contributed by atoms with E-state index in [1.807, 2.05) is 67.3 Å². The summed E-state index contributed by atoms with van der Waals surface area (Å²) in [6.07, 6.45) is 3.91. The molecule has 4 rings (SSSR count). The number of aromatic nitrogens is 2. The molecule has 7 heteroatoms. The minimum absolute atomic E-state index is 0.0923. The molecule has 0 spiro atoms. The van der Waals surface area contributed by atoms with Crippen LogP contribution in [0.5, 0.6) is 5.75 Å². The van der Waals surface area contributed by atoms with Gasteiger partial charge in [0.1, 0.15) is 18.0 Å². The van der Waals surface area contributed by atoms with E-state index in [-0.39, 0.29) is 11.9 Å². The van der Waals surface area contributed by atoms with Crippen LogP contribution in [0.2, 0.25) is 0 Å². The third-order valence-corrected chi connectivity index (χ3v) is 5.84. The Labute approximate surface area is 179 Å². The van der Waals surface area contributed by atoms with E-state index in [1.165, 1.54) is 4.88 Å². The van der Waals surface area contributed by atoms with Gasteiger partial charge in [0.2, 0.25) is 0 Å². The second kappa shape index (κ2) is 9.11. The fourth-order valence-corrected chi connectivity index (χ4v) is 4.15. The topological polar surface area (TPSA) is 58.9 Å². The quantitative estimate of drug-likeness (QED) is 0.468. The van der Waals surface area contributed by atoms with Crippen LogP contribution in [0.25, 0.3) is 5.65 Å². The predicted molar refractivity (Wildman–Crippen MR) is 119 cm³/mol. The van der Waals surface area contributed by atoms with Gasteiger partial charge in [0, 0.05) is 29.4 Å². The Kier molecular flexibility index (Phi) is 6.11. The van der Waals surface area contributed by atoms with Gasteiger partial charge in [-0.25, -0.2) is 4.98 Å². The number of ether oxygens (including phenoxy) is 1. The minimum Gasteiger partial charge on any atom is -0.487 e. The standard InChI is InChI=1S/C23H24N4O2S/c1-26(2)20(21-6-5-13-30-21)14-24-23(28)17-8-10-19(11-9-17)29-16-18-15-27-12-4-3-7-22(27)25-18/h3-13,15,20H,14,16H2,1-2H3,(H,24,28)/t20-/m1/s1. The van der Waals surface area contributed by atoms with E-state index in [2.05, 4.69) is 26.6 Å². The lowest BCUT2D eigenvalue weighted by molar-refractivity contribution is 0.0942. The zero-order valence-corrected chi connectivity index (χ0v) is 17.8. The first-order valence-corrected chi connectivity index (χ1v) is 10.6. The number of nitrogens with one attached hydrogen (secondary N) is 1. The van der Waals surface area contributed by atoms with Gasteiger partial charge in [-0.15, -0.1) is 11.3 Å². The number of carbonyl (C=O) groups is 1. The maximum atomic E-state index is 12.6. The molecule has 3 heterocycles. The maximum absolute atomic E-state index is 12.6. The van der Waals surface area contributed by atoms with Crippen molar-refractivity contribution in [3.8, 4) is 5.75 Å². The highest BCUT2D eigenvalue weighted by Gasteiger charge is 2.16. The first-order valence-electron chi connectivity index (χ1n) is 9.73. The van der Waals surface area contributed by atoms with Crippen LogP contribution in [-0.4, -0.2) is 40.8 Å². The lowest BCUT2D eigenvalue weighted by Gasteiger charge is -2.23. The average Bonchev–Trinajstić information content (AvgIpc) is 3.42. The van der Waals surface area contributed by atoms with Gasteiger partial charge < -0.3 is 19.4 Å². The largest absolute Gasteiger partial charge is 0.487 e. The van der Waals surface area contributed by atoms with E-state index in [1.54, 1.807) is 23.5 Å². The van der Waals surface area contributed by atoms with Crippen LogP contribution in [0, 0.1) is 0 Å². The molecule has 1 aromatic carbocycles. The number of benzene rings is 1. The number of amides is 1. The molecule has 0 saturated heterocycles. The van der Waals surface area contributed by atoms with E-state index in [4.69, 9.17) is 4.74 Å². The Balaban J connectivity index is 1.32. The van der Waals surface area contributed by atoms with Crippen molar-refractivity contribution >= 4 is 22.9 Å². The molecule has 0 radical (unpaired) electrons. The van der Waals surface area contributed by atoms with Gasteiger partial charge in [-0.3, -0.25) is 4.79 Å². The number of hydrogen-bond donors (Lipinski definition) is 1. The van der Waals surface area contributed by atoms with E-state index in [0.29, 0.717) is 24.5 Å². The average molecular weight is 421 g/mol. The Morgan fingerprint density at radius 1 is 1.17 bits per heavy atom. The monoisotopic (exact) mass is 420 g/mol. The summed E-state index contributed by atoms with van der Waals surface area (Å²) in [5, 5.41) is 5.09. The van der Waals surface area contributed by atoms with Crippen molar-refractivity contribution in [3.05, 3.63) is 88.5 Å². The van der Waals surface area contributed by atoms with Gasteiger partial charge >= 0.3 is 0 Å². The Morgan fingerprint density at radius 2 is 2.00 bits per heavy atom. The molecule has 6 nitrogen and oxygen atoms in total. The van der Waals surface area contributed by atoms with Crippen LogP contribution in [0.4, 0.5) is 0 Å². The van der Waals surface area contributed by atoms with Crippen molar-refractivity contribution < 1.29 is 9.53 Å². The van der Waals surface area contributed by atoms with Crippen molar-refractivity contribution in [2.24, 2.45) is 0 Å². The van der Waals surface area contributed by atoms with Gasteiger partial charge in [0.15, 0.2) is 0 Å². The second-order valence-corrected chi connectivity index (χ2v) is 8.20. The summed E-state index contributed by atoms with van der Waals surface area (Å²) in [5.41, 5.74) is 2.35. The minimum atomic E-state index is -0.0923. The highest BCUT2D eigenvalue weighted by atomic mass is 32.1. The normalized spacial score (nSPS) is 12.2. The Morgan fingerprint density at radius 3 is 2.70 bits per heavy atom. The molecule has 0 aliphatic carbocycles. The molecule has 4 aromatic rings. The molecule has 3 aromatic heterocycles. The summed E-state index contributed by atoms with van der Waals surface area (Å²) in [4.78, 5) is 20.4. The second-order valence-electron chi connectivity index (χ2n) is 7.22. The van der Waals surface area contributed by atoms with Gasteiger partial charge in [-0.1, -0.05) is 12.1 Å². The molecule has 1 amide bonds. The third-order valence-electron chi connectivity index (χ3n) is 4.87. The summed E-state index contributed by atoms with van der Waals surface area (Å²) in [7, 11) is 4.04. The molecule has 1 N–H and O–H groups in total. The zero-order chi connectivity index (χ0) is 20.9. The summed E-state index contributed by atoms with van der Waals surface area (Å²) in [5.74, 6) is 0.610. The van der Waals surface area contributed by atoms with Gasteiger partial charge in [-0.2, -0.15) is 0 Å². The lowest BCUT2D eigenvalue weighted by atomic mass is 10.2. The van der Waals surface area contributed by atoms with Gasteiger partial charge in [-0.05, 0) is 61.9 Å². The Bertz CT molecular complexity index is 1070. The SMILES string of the molecule is CN(C)[C@H](CNC(=O)c1ccc(OCc2cn3ccccc3n2)cc1)c1cccs1. The van der Waals surface area contributed by atoms with Crippen LogP contribution in [0.15, 0.2) is 72.4 Å². The third kappa shape index (κ3) is 4.69. The first-order chi connectivity index (χ1) is 14.6. The fraction of sp³-hybridized carbons (Fsp3) is 0.217. The molecule has 0 bridgehead atoms.